The predicted molar refractivity (Wildman–Crippen MR) is 123 cm³/mol. The number of aromatic hydroxyl groups is 1. The Labute approximate surface area is 179 Å². The number of ether oxygens (including phenoxy) is 1. The van der Waals surface area contributed by atoms with Crippen LogP contribution in [0.15, 0.2) is 91.0 Å². The molecule has 4 aromatic carbocycles. The molecule has 0 fully saturated rings. The van der Waals surface area contributed by atoms with E-state index in [1.54, 1.807) is 12.1 Å². The van der Waals surface area contributed by atoms with Crippen LogP contribution in [-0.2, 0) is 11.3 Å². The Morgan fingerprint density at radius 3 is 2.26 bits per heavy atom. The minimum atomic E-state index is -0.418. The van der Waals surface area contributed by atoms with Gasteiger partial charge in [-0.25, -0.2) is 4.79 Å². The summed E-state index contributed by atoms with van der Waals surface area (Å²) in [6, 6.07) is 29.7. The number of methoxy groups -OCH3 is 1. The summed E-state index contributed by atoms with van der Waals surface area (Å²) in [7, 11) is 1.37. The van der Waals surface area contributed by atoms with E-state index in [1.165, 1.54) is 7.11 Å². The number of esters is 1. The molecule has 4 heteroatoms. The fraction of sp³-hybridized carbons (Fsp3) is 0.0741. The molecular weight excluding hydrogens is 386 g/mol. The summed E-state index contributed by atoms with van der Waals surface area (Å²) < 4.78 is 7.14. The molecule has 0 amide bonds. The normalized spacial score (nSPS) is 11.1. The van der Waals surface area contributed by atoms with Crippen molar-refractivity contribution in [2.24, 2.45) is 0 Å². The van der Waals surface area contributed by atoms with Crippen LogP contribution >= 0.6 is 0 Å². The molecule has 1 N–H and O–H groups in total. The maximum Gasteiger partial charge on any atom is 0.338 e. The van der Waals surface area contributed by atoms with Crippen LogP contribution in [0, 0.1) is 0 Å². The summed E-state index contributed by atoms with van der Waals surface area (Å²) in [5.41, 5.74) is 5.64. The van der Waals surface area contributed by atoms with Crippen molar-refractivity contribution in [1.29, 1.82) is 0 Å². The van der Waals surface area contributed by atoms with Crippen LogP contribution in [0.4, 0.5) is 0 Å². The SMILES string of the molecule is COC(=O)c1cccc2c1c1c(O)cccc1n2Cc1cccc(-c2ccccc2)c1. The molecule has 4 nitrogen and oxygen atoms in total. The summed E-state index contributed by atoms with van der Waals surface area (Å²) in [5.74, 6) is -0.269. The average molecular weight is 407 g/mol. The second kappa shape index (κ2) is 7.65. The van der Waals surface area contributed by atoms with E-state index in [1.807, 2.05) is 42.5 Å². The Morgan fingerprint density at radius 2 is 1.48 bits per heavy atom. The second-order valence-electron chi connectivity index (χ2n) is 7.52. The van der Waals surface area contributed by atoms with Crippen molar-refractivity contribution in [3.05, 3.63) is 102 Å². The molecule has 0 aliphatic carbocycles. The average Bonchev–Trinajstić information content (AvgIpc) is 3.14. The zero-order valence-corrected chi connectivity index (χ0v) is 17.1. The molecule has 0 unspecified atom stereocenters. The maximum atomic E-state index is 12.4. The molecule has 0 radical (unpaired) electrons. The van der Waals surface area contributed by atoms with Gasteiger partial charge in [0.2, 0.25) is 0 Å². The van der Waals surface area contributed by atoms with E-state index in [4.69, 9.17) is 4.74 Å². The number of phenolic OH excluding ortho intramolecular Hbond substituents is 1. The molecule has 0 atom stereocenters. The summed E-state index contributed by atoms with van der Waals surface area (Å²) >= 11 is 0. The van der Waals surface area contributed by atoms with Crippen LogP contribution in [0.25, 0.3) is 32.9 Å². The maximum absolute atomic E-state index is 12.4. The first-order valence-corrected chi connectivity index (χ1v) is 10.1. The third-order valence-electron chi connectivity index (χ3n) is 5.67. The molecule has 0 saturated heterocycles. The molecule has 0 aliphatic rings. The van der Waals surface area contributed by atoms with Gasteiger partial charge in [-0.05, 0) is 47.0 Å². The molecule has 1 heterocycles. The van der Waals surface area contributed by atoms with E-state index in [2.05, 4.69) is 41.0 Å². The minimum absolute atomic E-state index is 0.149. The van der Waals surface area contributed by atoms with Gasteiger partial charge < -0.3 is 14.4 Å². The number of hydrogen-bond donors (Lipinski definition) is 1. The van der Waals surface area contributed by atoms with Gasteiger partial charge in [0.1, 0.15) is 5.75 Å². The topological polar surface area (TPSA) is 51.5 Å². The van der Waals surface area contributed by atoms with Crippen molar-refractivity contribution in [2.75, 3.05) is 7.11 Å². The Bertz CT molecular complexity index is 1420. The molecular formula is C27H21NO3. The first kappa shape index (κ1) is 18.9. The number of nitrogens with zero attached hydrogens (tertiary/aromatic N) is 1. The molecule has 0 aliphatic heterocycles. The lowest BCUT2D eigenvalue weighted by Crippen LogP contribution is -2.03. The number of rotatable bonds is 4. The highest BCUT2D eigenvalue weighted by Crippen LogP contribution is 2.37. The van der Waals surface area contributed by atoms with Crippen LogP contribution in [0.5, 0.6) is 5.75 Å². The van der Waals surface area contributed by atoms with Crippen LogP contribution in [0.2, 0.25) is 0 Å². The lowest BCUT2D eigenvalue weighted by molar-refractivity contribution is 0.0603. The number of aromatic nitrogens is 1. The summed E-state index contributed by atoms with van der Waals surface area (Å²) in [6.45, 7) is 0.606. The Kier molecular flexibility index (Phi) is 4.68. The number of benzene rings is 4. The Morgan fingerprint density at radius 1 is 0.806 bits per heavy atom. The molecule has 152 valence electrons. The third-order valence-corrected chi connectivity index (χ3v) is 5.67. The highest BCUT2D eigenvalue weighted by molar-refractivity contribution is 6.19. The second-order valence-corrected chi connectivity index (χ2v) is 7.52. The lowest BCUT2D eigenvalue weighted by atomic mass is 10.0. The van der Waals surface area contributed by atoms with E-state index in [0.29, 0.717) is 22.9 Å². The van der Waals surface area contributed by atoms with E-state index in [9.17, 15) is 9.90 Å². The molecule has 0 spiro atoms. The van der Waals surface area contributed by atoms with Crippen molar-refractivity contribution < 1.29 is 14.6 Å². The Balaban J connectivity index is 1.71. The van der Waals surface area contributed by atoms with E-state index in [0.717, 1.165) is 27.7 Å². The molecule has 5 aromatic rings. The molecule has 0 bridgehead atoms. The highest BCUT2D eigenvalue weighted by Gasteiger charge is 2.20. The van der Waals surface area contributed by atoms with Crippen molar-refractivity contribution in [3.8, 4) is 16.9 Å². The van der Waals surface area contributed by atoms with Gasteiger partial charge in [0.25, 0.3) is 0 Å². The fourth-order valence-electron chi connectivity index (χ4n) is 4.28. The first-order valence-electron chi connectivity index (χ1n) is 10.1. The van der Waals surface area contributed by atoms with Crippen molar-refractivity contribution in [3.63, 3.8) is 0 Å². The zero-order valence-electron chi connectivity index (χ0n) is 17.1. The van der Waals surface area contributed by atoms with Crippen LogP contribution < -0.4 is 0 Å². The number of fused-ring (bicyclic) bond motifs is 3. The number of carbonyl (C=O) groups is 1. The van der Waals surface area contributed by atoms with Crippen molar-refractivity contribution in [1.82, 2.24) is 4.57 Å². The predicted octanol–water partition coefficient (Wildman–Crippen LogP) is 6.00. The Hall–Kier alpha value is -4.05. The van der Waals surface area contributed by atoms with Crippen LogP contribution in [0.1, 0.15) is 15.9 Å². The van der Waals surface area contributed by atoms with Crippen molar-refractivity contribution in [2.45, 2.75) is 6.54 Å². The monoisotopic (exact) mass is 407 g/mol. The van der Waals surface area contributed by atoms with Gasteiger partial charge in [0, 0.05) is 11.9 Å². The van der Waals surface area contributed by atoms with Crippen LogP contribution in [0.3, 0.4) is 0 Å². The largest absolute Gasteiger partial charge is 0.507 e. The van der Waals surface area contributed by atoms with Gasteiger partial charge in [-0.15, -0.1) is 0 Å². The summed E-state index contributed by atoms with van der Waals surface area (Å²) in [6.07, 6.45) is 0. The van der Waals surface area contributed by atoms with Gasteiger partial charge >= 0.3 is 5.97 Å². The fourth-order valence-corrected chi connectivity index (χ4v) is 4.28. The minimum Gasteiger partial charge on any atom is -0.507 e. The van der Waals surface area contributed by atoms with E-state index in [-0.39, 0.29) is 5.75 Å². The third kappa shape index (κ3) is 3.22. The molecule has 0 saturated carbocycles. The van der Waals surface area contributed by atoms with Gasteiger partial charge in [0.05, 0.1) is 29.1 Å². The molecule has 5 rings (SSSR count). The van der Waals surface area contributed by atoms with Crippen LogP contribution in [-0.4, -0.2) is 22.8 Å². The number of phenols is 1. The summed E-state index contributed by atoms with van der Waals surface area (Å²) in [4.78, 5) is 12.4. The smallest absolute Gasteiger partial charge is 0.338 e. The molecule has 31 heavy (non-hydrogen) atoms. The van der Waals surface area contributed by atoms with E-state index >= 15 is 0 Å². The van der Waals surface area contributed by atoms with E-state index < -0.39 is 5.97 Å². The lowest BCUT2D eigenvalue weighted by Gasteiger charge is -2.10. The number of hydrogen-bond acceptors (Lipinski definition) is 3. The van der Waals surface area contributed by atoms with Gasteiger partial charge in [-0.2, -0.15) is 0 Å². The highest BCUT2D eigenvalue weighted by atomic mass is 16.5. The van der Waals surface area contributed by atoms with Gasteiger partial charge in [-0.1, -0.05) is 60.7 Å². The number of carbonyl (C=O) groups excluding carboxylic acids is 1. The zero-order chi connectivity index (χ0) is 21.4. The van der Waals surface area contributed by atoms with Gasteiger partial charge in [0.15, 0.2) is 0 Å². The molecule has 1 aromatic heterocycles. The summed E-state index contributed by atoms with van der Waals surface area (Å²) in [5, 5.41) is 12.0. The van der Waals surface area contributed by atoms with Crippen molar-refractivity contribution >= 4 is 27.8 Å². The van der Waals surface area contributed by atoms with Gasteiger partial charge in [-0.3, -0.25) is 0 Å². The quantitative estimate of drug-likeness (QED) is 0.372. The standard InChI is InChI=1S/C27H21NO3/c1-31-27(30)21-12-6-13-22-25(21)26-23(14-7-15-24(26)29)28(22)17-18-8-5-11-20(16-18)19-9-3-2-4-10-19/h2-16,29H,17H2,1H3. The first-order chi connectivity index (χ1) is 15.2.